The largest absolute Gasteiger partial charge is 0.460 e. The zero-order valence-electron chi connectivity index (χ0n) is 8.49. The van der Waals surface area contributed by atoms with E-state index in [0.717, 1.165) is 0 Å². The maximum Gasteiger partial charge on any atom is 0.460 e. The summed E-state index contributed by atoms with van der Waals surface area (Å²) in [5.74, 6) is -33.8. The van der Waals surface area contributed by atoms with Gasteiger partial charge in [-0.2, -0.15) is 48.3 Å². The molecule has 0 aliphatic carbocycles. The Morgan fingerprint density at radius 2 is 0.950 bits per heavy atom. The Hall–Kier alpha value is -1.17. The van der Waals surface area contributed by atoms with Gasteiger partial charge in [0.05, 0.1) is 0 Å². The van der Waals surface area contributed by atoms with Crippen LogP contribution in [0, 0.1) is 0 Å². The highest BCUT2D eigenvalue weighted by Crippen LogP contribution is 2.58. The highest BCUT2D eigenvalue weighted by molar-refractivity contribution is 5.15. The molecule has 13 heteroatoms. The minimum Gasteiger partial charge on any atom is -0.212 e. The first-order valence-corrected chi connectivity index (χ1v) is 4.02. The number of alkyl halides is 11. The van der Waals surface area contributed by atoms with Gasteiger partial charge in [0.2, 0.25) is 5.83 Å². The fourth-order valence-electron chi connectivity index (χ4n) is 0.791. The van der Waals surface area contributed by atoms with Gasteiger partial charge in [-0.1, -0.05) is 0 Å². The number of hydrogen-bond donors (Lipinski definition) is 0. The van der Waals surface area contributed by atoms with Crippen molar-refractivity contribution in [3.63, 3.8) is 0 Å². The van der Waals surface area contributed by atoms with E-state index in [4.69, 9.17) is 0 Å². The molecule has 0 saturated heterocycles. The predicted octanol–water partition coefficient (Wildman–Crippen LogP) is 4.87. The third-order valence-electron chi connectivity index (χ3n) is 1.93. The highest BCUT2D eigenvalue weighted by atomic mass is 19.4. The van der Waals surface area contributed by atoms with Gasteiger partial charge in [0.25, 0.3) is 0 Å². The molecule has 0 bridgehead atoms. The number of rotatable bonds is 4. The van der Waals surface area contributed by atoms with Crippen LogP contribution in [0.25, 0.3) is 0 Å². The van der Waals surface area contributed by atoms with E-state index in [1.807, 2.05) is 0 Å². The van der Waals surface area contributed by atoms with Crippen LogP contribution in [0.2, 0.25) is 0 Å². The van der Waals surface area contributed by atoms with Crippen molar-refractivity contribution >= 4 is 0 Å². The zero-order valence-corrected chi connectivity index (χ0v) is 8.49. The summed E-state index contributed by atoms with van der Waals surface area (Å²) in [6.07, 6.45) is -9.32. The molecule has 0 nitrogen and oxygen atoms in total. The van der Waals surface area contributed by atoms with Crippen molar-refractivity contribution in [2.75, 3.05) is 0 Å². The van der Waals surface area contributed by atoms with E-state index in [9.17, 15) is 57.1 Å². The first-order chi connectivity index (χ1) is 8.48. The highest BCUT2D eigenvalue weighted by Gasteiger charge is 2.87. The van der Waals surface area contributed by atoms with Gasteiger partial charge in [0.15, 0.2) is 0 Å². The average Bonchev–Trinajstić information content (AvgIpc) is 2.25. The summed E-state index contributed by atoms with van der Waals surface area (Å²) in [5, 5.41) is 0. The summed E-state index contributed by atoms with van der Waals surface area (Å²) in [5.41, 5.74) is 0. The molecule has 0 heterocycles. The molecule has 120 valence electrons. The Labute approximate surface area is 100 Å². The van der Waals surface area contributed by atoms with Crippen molar-refractivity contribution in [1.82, 2.24) is 0 Å². The molecule has 0 aromatic carbocycles. The van der Waals surface area contributed by atoms with Gasteiger partial charge < -0.3 is 0 Å². The van der Waals surface area contributed by atoms with Crippen molar-refractivity contribution in [2.24, 2.45) is 0 Å². The SMILES string of the molecule is F/C=C(/F)C(F)(F)C(F)(F)C(F)(F)C(F)(F)C(F)(F)F. The minimum atomic E-state index is -7.75. The van der Waals surface area contributed by atoms with Crippen molar-refractivity contribution in [2.45, 2.75) is 29.9 Å². The molecule has 0 aliphatic rings. The zero-order chi connectivity index (χ0) is 16.8. The van der Waals surface area contributed by atoms with E-state index >= 15 is 0 Å². The van der Waals surface area contributed by atoms with Crippen molar-refractivity contribution in [3.8, 4) is 0 Å². The number of halogens is 13. The Kier molecular flexibility index (Phi) is 4.41. The van der Waals surface area contributed by atoms with Crippen LogP contribution in [0.15, 0.2) is 12.2 Å². The average molecular weight is 332 g/mol. The van der Waals surface area contributed by atoms with Crippen molar-refractivity contribution in [3.05, 3.63) is 12.2 Å². The quantitative estimate of drug-likeness (QED) is 0.645. The molecule has 0 fully saturated rings. The van der Waals surface area contributed by atoms with Gasteiger partial charge in [-0.3, -0.25) is 0 Å². The van der Waals surface area contributed by atoms with E-state index in [-0.39, 0.29) is 0 Å². The van der Waals surface area contributed by atoms with E-state index < -0.39 is 42.0 Å². The molecular weight excluding hydrogens is 331 g/mol. The van der Waals surface area contributed by atoms with E-state index in [0.29, 0.717) is 0 Å². The monoisotopic (exact) mass is 332 g/mol. The second-order valence-electron chi connectivity index (χ2n) is 3.25. The topological polar surface area (TPSA) is 0 Å². The lowest BCUT2D eigenvalue weighted by molar-refractivity contribution is -0.419. The fourth-order valence-corrected chi connectivity index (χ4v) is 0.791. The Morgan fingerprint density at radius 1 is 0.600 bits per heavy atom. The Balaban J connectivity index is 6.07. The molecule has 0 atom stereocenters. The maximum atomic E-state index is 12.5. The Morgan fingerprint density at radius 3 is 1.20 bits per heavy atom. The molecule has 0 N–H and O–H groups in total. The predicted molar refractivity (Wildman–Crippen MR) is 36.1 cm³/mol. The molecule has 0 aliphatic heterocycles. The first kappa shape index (κ1) is 18.8. The van der Waals surface area contributed by atoms with Gasteiger partial charge >= 0.3 is 29.9 Å². The lowest BCUT2D eigenvalue weighted by Gasteiger charge is -2.36. The number of allylic oxidation sites excluding steroid dienone is 1. The third kappa shape index (κ3) is 2.30. The van der Waals surface area contributed by atoms with Gasteiger partial charge in [0.1, 0.15) is 6.33 Å². The summed E-state index contributed by atoms with van der Waals surface area (Å²) >= 11 is 0. The molecule has 0 aromatic heterocycles. The molecule has 0 saturated carbocycles. The summed E-state index contributed by atoms with van der Waals surface area (Å²) in [6, 6.07) is 0. The lowest BCUT2D eigenvalue weighted by Crippen LogP contribution is -2.66. The van der Waals surface area contributed by atoms with Crippen LogP contribution in [-0.4, -0.2) is 29.9 Å². The van der Waals surface area contributed by atoms with E-state index in [1.54, 1.807) is 0 Å². The maximum absolute atomic E-state index is 12.5. The second kappa shape index (κ2) is 4.69. The standard InChI is InChI=1S/C7HF13/c8-1-2(9)3(10,11)4(12,13)5(14,15)6(16,17)7(18,19)20/h1H/b2-1+. The van der Waals surface area contributed by atoms with Gasteiger partial charge in [-0.15, -0.1) is 0 Å². The van der Waals surface area contributed by atoms with Gasteiger partial charge in [0, 0.05) is 0 Å². The molecule has 0 unspecified atom stereocenters. The summed E-state index contributed by atoms with van der Waals surface area (Å²) < 4.78 is 157. The molecule has 20 heavy (non-hydrogen) atoms. The van der Waals surface area contributed by atoms with Crippen LogP contribution in [0.5, 0.6) is 0 Å². The van der Waals surface area contributed by atoms with Crippen LogP contribution >= 0.6 is 0 Å². The van der Waals surface area contributed by atoms with Crippen LogP contribution in [-0.2, 0) is 0 Å². The van der Waals surface area contributed by atoms with Gasteiger partial charge in [-0.05, 0) is 0 Å². The minimum absolute atomic E-state index is 1.98. The lowest BCUT2D eigenvalue weighted by atomic mass is 9.97. The first-order valence-electron chi connectivity index (χ1n) is 4.02. The van der Waals surface area contributed by atoms with Crippen LogP contribution in [0.1, 0.15) is 0 Å². The summed E-state index contributed by atoms with van der Waals surface area (Å²) in [4.78, 5) is 0. The fraction of sp³-hybridized carbons (Fsp3) is 0.714. The Bertz CT molecular complexity index is 386. The van der Waals surface area contributed by atoms with Crippen LogP contribution in [0.4, 0.5) is 57.1 Å². The van der Waals surface area contributed by atoms with E-state index in [2.05, 4.69) is 0 Å². The molecule has 0 aromatic rings. The third-order valence-corrected chi connectivity index (χ3v) is 1.93. The molecule has 0 spiro atoms. The van der Waals surface area contributed by atoms with Gasteiger partial charge in [-0.25, -0.2) is 8.78 Å². The van der Waals surface area contributed by atoms with Crippen molar-refractivity contribution < 1.29 is 57.1 Å². The number of hydrogen-bond acceptors (Lipinski definition) is 0. The van der Waals surface area contributed by atoms with Crippen LogP contribution < -0.4 is 0 Å². The second-order valence-corrected chi connectivity index (χ2v) is 3.25. The normalized spacial score (nSPS) is 16.6. The molecule has 0 amide bonds. The smallest absolute Gasteiger partial charge is 0.212 e. The van der Waals surface area contributed by atoms with Crippen LogP contribution in [0.3, 0.4) is 0 Å². The summed E-state index contributed by atoms with van der Waals surface area (Å²) in [6.45, 7) is 0. The summed E-state index contributed by atoms with van der Waals surface area (Å²) in [7, 11) is 0. The molecular formula is C7HF13. The molecule has 0 rings (SSSR count). The molecule has 0 radical (unpaired) electrons. The van der Waals surface area contributed by atoms with E-state index in [1.165, 1.54) is 0 Å². The van der Waals surface area contributed by atoms with Crippen molar-refractivity contribution in [1.29, 1.82) is 0 Å².